The first kappa shape index (κ1) is 27.3. The molecule has 1 aliphatic carbocycles. The van der Waals surface area contributed by atoms with Crippen molar-refractivity contribution < 1.29 is 23.8 Å². The summed E-state index contributed by atoms with van der Waals surface area (Å²) in [6.07, 6.45) is 7.07. The van der Waals surface area contributed by atoms with Crippen molar-refractivity contribution in [2.24, 2.45) is 0 Å². The van der Waals surface area contributed by atoms with E-state index in [1.807, 2.05) is 40.8 Å². The van der Waals surface area contributed by atoms with E-state index in [1.165, 1.54) is 40.6 Å². The molecule has 2 aromatic carbocycles. The Morgan fingerprint density at radius 3 is 2.37 bits per heavy atom. The van der Waals surface area contributed by atoms with Gasteiger partial charge in [-0.15, -0.1) is 0 Å². The number of nitrogens with zero attached hydrogens (tertiary/aromatic N) is 3. The Morgan fingerprint density at radius 2 is 1.71 bits per heavy atom. The second-order valence-electron chi connectivity index (χ2n) is 9.67. The van der Waals surface area contributed by atoms with Crippen LogP contribution < -0.4 is 19.5 Å². The van der Waals surface area contributed by atoms with Gasteiger partial charge >= 0.3 is 0 Å². The maximum atomic E-state index is 13.2. The largest absolute Gasteiger partial charge is 0.493 e. The zero-order valence-corrected chi connectivity index (χ0v) is 22.8. The van der Waals surface area contributed by atoms with Crippen LogP contribution in [0.15, 0.2) is 36.4 Å². The third kappa shape index (κ3) is 6.03. The average Bonchev–Trinajstić information content (AvgIpc) is 3.31. The molecule has 1 aromatic heterocycles. The third-order valence-electron chi connectivity index (χ3n) is 7.33. The number of aryl methyl sites for hydroxylation is 1. The summed E-state index contributed by atoms with van der Waals surface area (Å²) in [5, 5.41) is 2.96. The molecule has 38 heavy (non-hydrogen) atoms. The molecule has 1 saturated carbocycles. The zero-order valence-electron chi connectivity index (χ0n) is 22.8. The summed E-state index contributed by atoms with van der Waals surface area (Å²) in [5.74, 6) is 2.01. The van der Waals surface area contributed by atoms with Crippen LogP contribution in [0.5, 0.6) is 17.2 Å². The number of nitrogens with one attached hydrogen (secondary N) is 1. The summed E-state index contributed by atoms with van der Waals surface area (Å²) >= 11 is 0. The van der Waals surface area contributed by atoms with E-state index in [9.17, 15) is 9.59 Å². The number of carbonyl (C=O) groups is 2. The maximum absolute atomic E-state index is 13.2. The van der Waals surface area contributed by atoms with Crippen LogP contribution in [0.2, 0.25) is 0 Å². The van der Waals surface area contributed by atoms with Gasteiger partial charge in [-0.25, -0.2) is 4.98 Å². The number of ether oxygens (including phenoxy) is 3. The molecule has 0 atom stereocenters. The highest BCUT2D eigenvalue weighted by molar-refractivity contribution is 5.95. The molecule has 3 aromatic rings. The van der Waals surface area contributed by atoms with Gasteiger partial charge in [0.25, 0.3) is 5.91 Å². The zero-order chi connectivity index (χ0) is 27.1. The summed E-state index contributed by atoms with van der Waals surface area (Å²) in [7, 11) is 6.48. The molecule has 204 valence electrons. The lowest BCUT2D eigenvalue weighted by molar-refractivity contribution is -0.133. The Morgan fingerprint density at radius 1 is 1.03 bits per heavy atom. The lowest BCUT2D eigenvalue weighted by atomic mass is 9.94. The van der Waals surface area contributed by atoms with Gasteiger partial charge in [0.05, 0.1) is 32.4 Å². The van der Waals surface area contributed by atoms with E-state index in [2.05, 4.69) is 5.32 Å². The molecular weight excluding hydrogens is 484 g/mol. The first-order valence-electron chi connectivity index (χ1n) is 13.2. The number of imidazole rings is 1. The van der Waals surface area contributed by atoms with Crippen molar-refractivity contribution in [2.45, 2.75) is 57.5 Å². The molecule has 1 heterocycles. The van der Waals surface area contributed by atoms with E-state index in [0.29, 0.717) is 48.2 Å². The van der Waals surface area contributed by atoms with Crippen LogP contribution in [-0.2, 0) is 17.8 Å². The minimum absolute atomic E-state index is 0.108. The first-order valence-corrected chi connectivity index (χ1v) is 13.2. The van der Waals surface area contributed by atoms with Gasteiger partial charge in [0.15, 0.2) is 11.5 Å². The summed E-state index contributed by atoms with van der Waals surface area (Å²) in [5.41, 5.74) is 2.24. The van der Waals surface area contributed by atoms with Crippen molar-refractivity contribution in [1.82, 2.24) is 19.8 Å². The van der Waals surface area contributed by atoms with Gasteiger partial charge < -0.3 is 29.0 Å². The highest BCUT2D eigenvalue weighted by Crippen LogP contribution is 2.38. The summed E-state index contributed by atoms with van der Waals surface area (Å²) in [6.45, 7) is 0.718. The lowest BCUT2D eigenvalue weighted by Crippen LogP contribution is -2.40. The smallest absolute Gasteiger partial charge is 0.251 e. The molecule has 1 fully saturated rings. The number of para-hydroxylation sites is 2. The summed E-state index contributed by atoms with van der Waals surface area (Å²) < 4.78 is 18.1. The predicted molar refractivity (Wildman–Crippen MR) is 146 cm³/mol. The summed E-state index contributed by atoms with van der Waals surface area (Å²) in [4.78, 5) is 32.8. The SMILES string of the molecule is COc1cc(C(=O)NCCCc2nc3ccccc3n2CC(=O)N(C)C2CCCCC2)cc(OC)c1OC. The number of fused-ring (bicyclic) bond motifs is 1. The lowest BCUT2D eigenvalue weighted by Gasteiger charge is -2.31. The van der Waals surface area contributed by atoms with E-state index < -0.39 is 0 Å². The number of aromatic nitrogens is 2. The van der Waals surface area contributed by atoms with E-state index in [0.717, 1.165) is 29.7 Å². The van der Waals surface area contributed by atoms with Gasteiger partial charge in [-0.1, -0.05) is 31.4 Å². The van der Waals surface area contributed by atoms with Crippen LogP contribution in [0.25, 0.3) is 11.0 Å². The van der Waals surface area contributed by atoms with Crippen molar-refractivity contribution in [3.63, 3.8) is 0 Å². The number of carbonyl (C=O) groups excluding carboxylic acids is 2. The highest BCUT2D eigenvalue weighted by Gasteiger charge is 2.24. The molecular formula is C29H38N4O5. The molecule has 0 aliphatic heterocycles. The van der Waals surface area contributed by atoms with Gasteiger partial charge in [0, 0.05) is 31.6 Å². The molecule has 9 nitrogen and oxygen atoms in total. The second-order valence-corrected chi connectivity index (χ2v) is 9.67. The molecule has 9 heteroatoms. The van der Waals surface area contributed by atoms with E-state index in [1.54, 1.807) is 12.1 Å². The van der Waals surface area contributed by atoms with Gasteiger partial charge in [-0.2, -0.15) is 0 Å². The van der Waals surface area contributed by atoms with Crippen LogP contribution in [0, 0.1) is 0 Å². The van der Waals surface area contributed by atoms with Crippen LogP contribution in [0.4, 0.5) is 0 Å². The normalized spacial score (nSPS) is 13.8. The Hall–Kier alpha value is -3.75. The predicted octanol–water partition coefficient (Wildman–Crippen LogP) is 4.22. The highest BCUT2D eigenvalue weighted by atomic mass is 16.5. The molecule has 4 rings (SSSR count). The molecule has 0 bridgehead atoms. The number of methoxy groups -OCH3 is 3. The Kier molecular flexibility index (Phi) is 9.10. The molecule has 1 N–H and O–H groups in total. The number of hydrogen-bond acceptors (Lipinski definition) is 6. The fraction of sp³-hybridized carbons (Fsp3) is 0.483. The number of rotatable bonds is 11. The monoisotopic (exact) mass is 522 g/mol. The quantitative estimate of drug-likeness (QED) is 0.379. The van der Waals surface area contributed by atoms with Gasteiger partial charge in [0.1, 0.15) is 12.4 Å². The first-order chi connectivity index (χ1) is 18.5. The molecule has 0 unspecified atom stereocenters. The second kappa shape index (κ2) is 12.7. The van der Waals surface area contributed by atoms with Gasteiger partial charge in [-0.05, 0) is 43.5 Å². The Balaban J connectivity index is 1.41. The molecule has 2 amide bonds. The van der Waals surface area contributed by atoms with Crippen LogP contribution in [-0.4, -0.2) is 67.2 Å². The number of likely N-dealkylation sites (N-methyl/N-ethyl adjacent to an activating group) is 1. The number of hydrogen-bond donors (Lipinski definition) is 1. The molecule has 1 aliphatic rings. The Labute approximate surface area is 224 Å². The van der Waals surface area contributed by atoms with Crippen LogP contribution >= 0.6 is 0 Å². The summed E-state index contributed by atoms with van der Waals surface area (Å²) in [6, 6.07) is 11.5. The standard InChI is InChI=1S/C29H38N4O5/c1-32(21-11-6-5-7-12-21)27(34)19-33-23-14-9-8-13-22(23)31-26(33)15-10-16-30-29(35)20-17-24(36-2)28(38-4)25(18-20)37-3/h8-9,13-14,17-18,21H,5-7,10-12,15-16,19H2,1-4H3,(H,30,35). The number of benzene rings is 2. The van der Waals surface area contributed by atoms with Crippen LogP contribution in [0.3, 0.4) is 0 Å². The van der Waals surface area contributed by atoms with Gasteiger partial charge in [0.2, 0.25) is 11.7 Å². The third-order valence-corrected chi connectivity index (χ3v) is 7.33. The van der Waals surface area contributed by atoms with E-state index in [-0.39, 0.29) is 18.4 Å². The minimum Gasteiger partial charge on any atom is -0.493 e. The molecule has 0 saturated heterocycles. The topological polar surface area (TPSA) is 94.9 Å². The average molecular weight is 523 g/mol. The van der Waals surface area contributed by atoms with E-state index in [4.69, 9.17) is 19.2 Å². The van der Waals surface area contributed by atoms with Crippen molar-refractivity contribution in [2.75, 3.05) is 34.9 Å². The minimum atomic E-state index is -0.234. The fourth-order valence-electron chi connectivity index (χ4n) is 5.17. The van der Waals surface area contributed by atoms with Crippen molar-refractivity contribution in [3.8, 4) is 17.2 Å². The van der Waals surface area contributed by atoms with Crippen molar-refractivity contribution in [3.05, 3.63) is 47.8 Å². The Bertz CT molecular complexity index is 1240. The van der Waals surface area contributed by atoms with E-state index >= 15 is 0 Å². The molecule has 0 spiro atoms. The van der Waals surface area contributed by atoms with Crippen molar-refractivity contribution in [1.29, 1.82) is 0 Å². The van der Waals surface area contributed by atoms with Gasteiger partial charge in [-0.3, -0.25) is 9.59 Å². The maximum Gasteiger partial charge on any atom is 0.251 e. The van der Waals surface area contributed by atoms with Crippen molar-refractivity contribution >= 4 is 22.8 Å². The fourth-order valence-corrected chi connectivity index (χ4v) is 5.17. The molecule has 0 radical (unpaired) electrons. The van der Waals surface area contributed by atoms with Crippen LogP contribution in [0.1, 0.15) is 54.7 Å². The number of amides is 2.